The molecule has 1 unspecified atom stereocenters. The van der Waals surface area contributed by atoms with Crippen LogP contribution in [0.2, 0.25) is 5.02 Å². The van der Waals surface area contributed by atoms with E-state index in [0.29, 0.717) is 5.02 Å². The maximum absolute atomic E-state index is 10.0. The molecule has 0 spiro atoms. The van der Waals surface area contributed by atoms with E-state index < -0.39 is 6.23 Å². The van der Waals surface area contributed by atoms with Crippen molar-refractivity contribution >= 4 is 11.6 Å². The molecule has 0 saturated heterocycles. The number of aryl methyl sites for hydroxylation is 1. The van der Waals surface area contributed by atoms with Crippen LogP contribution in [0.4, 0.5) is 0 Å². The Morgan fingerprint density at radius 3 is 2.82 bits per heavy atom. The normalized spacial score (nSPS) is 19.1. The van der Waals surface area contributed by atoms with E-state index in [1.807, 2.05) is 35.0 Å². The molecular formula is C13H13ClN2O. The second-order valence-electron chi connectivity index (χ2n) is 4.32. The highest BCUT2D eigenvalue weighted by Crippen LogP contribution is 2.30. The number of rotatable bonds is 1. The van der Waals surface area contributed by atoms with Crippen molar-refractivity contribution in [3.8, 4) is 11.4 Å². The molecule has 17 heavy (non-hydrogen) atoms. The molecule has 0 fully saturated rings. The zero-order valence-corrected chi connectivity index (χ0v) is 10.1. The highest BCUT2D eigenvalue weighted by atomic mass is 35.5. The molecule has 0 aliphatic carbocycles. The van der Waals surface area contributed by atoms with Crippen molar-refractivity contribution in [2.75, 3.05) is 0 Å². The van der Waals surface area contributed by atoms with Crippen molar-refractivity contribution in [3.05, 3.63) is 41.2 Å². The van der Waals surface area contributed by atoms with Gasteiger partial charge in [0, 0.05) is 22.5 Å². The third kappa shape index (κ3) is 1.85. The molecule has 1 aliphatic rings. The summed E-state index contributed by atoms with van der Waals surface area (Å²) >= 11 is 5.87. The molecule has 3 nitrogen and oxygen atoms in total. The average Bonchev–Trinajstić information content (AvgIpc) is 2.75. The number of aromatic nitrogens is 2. The van der Waals surface area contributed by atoms with Crippen LogP contribution in [0.3, 0.4) is 0 Å². The van der Waals surface area contributed by atoms with E-state index in [9.17, 15) is 5.11 Å². The summed E-state index contributed by atoms with van der Waals surface area (Å²) in [6, 6.07) is 7.54. The second-order valence-corrected chi connectivity index (χ2v) is 4.76. The van der Waals surface area contributed by atoms with Crippen molar-refractivity contribution in [1.82, 2.24) is 9.55 Å². The number of aliphatic hydroxyl groups is 1. The molecule has 2 aromatic rings. The molecule has 1 N–H and O–H groups in total. The first-order valence-electron chi connectivity index (χ1n) is 5.76. The van der Waals surface area contributed by atoms with Crippen LogP contribution in [-0.2, 0) is 6.42 Å². The zero-order valence-electron chi connectivity index (χ0n) is 9.31. The summed E-state index contributed by atoms with van der Waals surface area (Å²) in [4.78, 5) is 4.41. The summed E-state index contributed by atoms with van der Waals surface area (Å²) < 4.78 is 1.92. The third-order valence-corrected chi connectivity index (χ3v) is 3.42. The Morgan fingerprint density at radius 1 is 1.29 bits per heavy atom. The van der Waals surface area contributed by atoms with Gasteiger partial charge in [-0.1, -0.05) is 11.6 Å². The lowest BCUT2D eigenvalue weighted by molar-refractivity contribution is 0.0807. The number of fused-ring (bicyclic) bond motifs is 1. The van der Waals surface area contributed by atoms with Crippen molar-refractivity contribution in [2.24, 2.45) is 0 Å². The molecule has 0 bridgehead atoms. The van der Waals surface area contributed by atoms with Crippen LogP contribution >= 0.6 is 11.6 Å². The number of imidazole rings is 1. The maximum atomic E-state index is 10.0. The van der Waals surface area contributed by atoms with Gasteiger partial charge in [0.15, 0.2) is 0 Å². The van der Waals surface area contributed by atoms with Crippen LogP contribution in [0.5, 0.6) is 0 Å². The van der Waals surface area contributed by atoms with Crippen molar-refractivity contribution in [1.29, 1.82) is 0 Å². The summed E-state index contributed by atoms with van der Waals surface area (Å²) in [5, 5.41) is 10.8. The third-order valence-electron chi connectivity index (χ3n) is 3.17. The Balaban J connectivity index is 2.09. The fourth-order valence-electron chi connectivity index (χ4n) is 2.32. The van der Waals surface area contributed by atoms with Crippen LogP contribution in [0.15, 0.2) is 30.5 Å². The minimum absolute atomic E-state index is 0.452. The molecule has 0 amide bonds. The Hall–Kier alpha value is -1.32. The van der Waals surface area contributed by atoms with Gasteiger partial charge in [-0.05, 0) is 43.5 Å². The first-order valence-corrected chi connectivity index (χ1v) is 6.13. The molecule has 0 saturated carbocycles. The molecule has 1 atom stereocenters. The smallest absolute Gasteiger partial charge is 0.142 e. The monoisotopic (exact) mass is 248 g/mol. The lowest BCUT2D eigenvalue weighted by atomic mass is 10.1. The maximum Gasteiger partial charge on any atom is 0.142 e. The first kappa shape index (κ1) is 10.8. The summed E-state index contributed by atoms with van der Waals surface area (Å²) in [7, 11) is 0. The van der Waals surface area contributed by atoms with Gasteiger partial charge >= 0.3 is 0 Å². The van der Waals surface area contributed by atoms with Gasteiger partial charge in [-0.25, -0.2) is 4.98 Å². The zero-order chi connectivity index (χ0) is 11.8. The molecule has 1 aromatic heterocycles. The minimum Gasteiger partial charge on any atom is -0.373 e. The minimum atomic E-state index is -0.452. The van der Waals surface area contributed by atoms with Gasteiger partial charge < -0.3 is 9.67 Å². The Labute approximate surface area is 105 Å². The number of halogens is 1. The van der Waals surface area contributed by atoms with Crippen LogP contribution in [0.1, 0.15) is 24.8 Å². The molecule has 2 heterocycles. The number of hydrogen-bond donors (Lipinski definition) is 1. The molecule has 1 aliphatic heterocycles. The highest BCUT2D eigenvalue weighted by molar-refractivity contribution is 6.30. The summed E-state index contributed by atoms with van der Waals surface area (Å²) in [5.41, 5.74) is 2.09. The lowest BCUT2D eigenvalue weighted by Crippen LogP contribution is -2.17. The fourth-order valence-corrected chi connectivity index (χ4v) is 2.45. The van der Waals surface area contributed by atoms with Gasteiger partial charge in [-0.3, -0.25) is 0 Å². The van der Waals surface area contributed by atoms with Gasteiger partial charge in [0.1, 0.15) is 12.1 Å². The Kier molecular flexibility index (Phi) is 2.65. The van der Waals surface area contributed by atoms with Crippen molar-refractivity contribution in [3.63, 3.8) is 0 Å². The van der Waals surface area contributed by atoms with E-state index in [1.165, 1.54) is 0 Å². The van der Waals surface area contributed by atoms with Crippen molar-refractivity contribution in [2.45, 2.75) is 25.5 Å². The first-order chi connectivity index (χ1) is 8.25. The van der Waals surface area contributed by atoms with E-state index in [4.69, 9.17) is 11.6 Å². The molecule has 3 rings (SSSR count). The summed E-state index contributed by atoms with van der Waals surface area (Å²) in [6.45, 7) is 0. The second kappa shape index (κ2) is 4.17. The van der Waals surface area contributed by atoms with Crippen molar-refractivity contribution < 1.29 is 5.11 Å². The van der Waals surface area contributed by atoms with E-state index in [2.05, 4.69) is 4.98 Å². The lowest BCUT2D eigenvalue weighted by Gasteiger charge is -2.22. The predicted octanol–water partition coefficient (Wildman–Crippen LogP) is 3.03. The fraction of sp³-hybridized carbons (Fsp3) is 0.308. The molecule has 4 heteroatoms. The molecule has 1 aromatic carbocycles. The van der Waals surface area contributed by atoms with Crippen LogP contribution in [0, 0.1) is 0 Å². The Morgan fingerprint density at radius 2 is 2.06 bits per heavy atom. The SMILES string of the molecule is OC1CCCc2cnc(-c3ccc(Cl)cc3)n21. The standard InChI is InChI=1S/C13H13ClN2O/c14-10-6-4-9(5-7-10)13-15-8-11-2-1-3-12(17)16(11)13/h4-8,12,17H,1-3H2. The number of benzene rings is 1. The van der Waals surface area contributed by atoms with E-state index >= 15 is 0 Å². The average molecular weight is 249 g/mol. The van der Waals surface area contributed by atoms with E-state index in [-0.39, 0.29) is 0 Å². The van der Waals surface area contributed by atoms with Crippen LogP contribution in [0.25, 0.3) is 11.4 Å². The van der Waals surface area contributed by atoms with Crippen LogP contribution < -0.4 is 0 Å². The molecular weight excluding hydrogens is 236 g/mol. The molecule has 0 radical (unpaired) electrons. The van der Waals surface area contributed by atoms with Gasteiger partial charge in [0.05, 0.1) is 0 Å². The summed E-state index contributed by atoms with van der Waals surface area (Å²) in [6.07, 6.45) is 4.20. The molecule has 88 valence electrons. The summed E-state index contributed by atoms with van der Waals surface area (Å²) in [5.74, 6) is 0.823. The van der Waals surface area contributed by atoms with Gasteiger partial charge in [0.2, 0.25) is 0 Å². The highest BCUT2D eigenvalue weighted by Gasteiger charge is 2.21. The number of aliphatic hydroxyl groups excluding tert-OH is 1. The number of nitrogens with zero attached hydrogens (tertiary/aromatic N) is 2. The number of hydrogen-bond acceptors (Lipinski definition) is 2. The van der Waals surface area contributed by atoms with Crippen LogP contribution in [-0.4, -0.2) is 14.7 Å². The van der Waals surface area contributed by atoms with E-state index in [1.54, 1.807) is 0 Å². The quantitative estimate of drug-likeness (QED) is 0.842. The predicted molar refractivity (Wildman–Crippen MR) is 66.9 cm³/mol. The van der Waals surface area contributed by atoms with Gasteiger partial charge in [0.25, 0.3) is 0 Å². The van der Waals surface area contributed by atoms with Gasteiger partial charge in [-0.2, -0.15) is 0 Å². The Bertz CT molecular complexity index is 533. The topological polar surface area (TPSA) is 38.1 Å². The van der Waals surface area contributed by atoms with Gasteiger partial charge in [-0.15, -0.1) is 0 Å². The van der Waals surface area contributed by atoms with E-state index in [0.717, 1.165) is 36.3 Å². The largest absolute Gasteiger partial charge is 0.373 e.